The van der Waals surface area contributed by atoms with Gasteiger partial charge in [0.2, 0.25) is 0 Å². The Hall–Kier alpha value is -2.34. The molecule has 0 spiro atoms. The Morgan fingerprint density at radius 1 is 1.11 bits per heavy atom. The first-order valence-electron chi connectivity index (χ1n) is 5.84. The first-order valence-corrected chi connectivity index (χ1v) is 5.84. The van der Waals surface area contributed by atoms with E-state index in [1.165, 1.54) is 7.11 Å². The number of hydrogen-bond acceptors (Lipinski definition) is 2. The third-order valence-corrected chi connectivity index (χ3v) is 2.52. The van der Waals surface area contributed by atoms with Gasteiger partial charge in [0.1, 0.15) is 0 Å². The van der Waals surface area contributed by atoms with Crippen molar-refractivity contribution in [2.24, 2.45) is 0 Å². The smallest absolute Gasteiger partial charge is 0.167 e. The fourth-order valence-corrected chi connectivity index (χ4v) is 1.49. The van der Waals surface area contributed by atoms with Crippen LogP contribution in [-0.2, 0) is 0 Å². The summed E-state index contributed by atoms with van der Waals surface area (Å²) < 4.78 is 17.6. The van der Waals surface area contributed by atoms with Crippen molar-refractivity contribution in [3.8, 4) is 11.8 Å². The minimum absolute atomic E-state index is 0.273. The third kappa shape index (κ3) is 4.44. The van der Waals surface area contributed by atoms with Gasteiger partial charge in [0, 0.05) is 0 Å². The van der Waals surface area contributed by atoms with E-state index in [1.807, 2.05) is 25.1 Å². The predicted molar refractivity (Wildman–Crippen MR) is 73.6 cm³/mol. The van der Waals surface area contributed by atoms with Crippen molar-refractivity contribution in [1.82, 2.24) is 0 Å². The molecule has 0 amide bonds. The summed E-state index contributed by atoms with van der Waals surface area (Å²) >= 11 is 0. The van der Waals surface area contributed by atoms with Gasteiger partial charge in [-0.3, -0.25) is 0 Å². The molecule has 2 aromatic carbocycles. The van der Waals surface area contributed by atoms with Gasteiger partial charge in [-0.1, -0.05) is 24.3 Å². The Labute approximate surface area is 113 Å². The highest BCUT2D eigenvalue weighted by atomic mass is 19.1. The number of benzene rings is 2. The van der Waals surface area contributed by atoms with Gasteiger partial charge in [0.05, 0.1) is 18.7 Å². The lowest BCUT2D eigenvalue weighted by Crippen LogP contribution is -1.89. The van der Waals surface area contributed by atoms with Crippen LogP contribution in [-0.4, -0.2) is 7.11 Å². The second kappa shape index (κ2) is 7.17. The summed E-state index contributed by atoms with van der Waals surface area (Å²) in [6.07, 6.45) is 0. The number of nitrogens with zero attached hydrogens (tertiary/aromatic N) is 1. The van der Waals surface area contributed by atoms with Crippen molar-refractivity contribution in [2.45, 2.75) is 13.8 Å². The maximum atomic E-state index is 12.9. The van der Waals surface area contributed by atoms with Crippen LogP contribution in [0, 0.1) is 31.0 Å². The SMILES string of the molecule is COc1cccc(C)c1F.Cc1cccc(C#N)c1. The Morgan fingerprint density at radius 3 is 2.26 bits per heavy atom. The number of aryl methyl sites for hydroxylation is 2. The average Bonchev–Trinajstić information content (AvgIpc) is 2.42. The van der Waals surface area contributed by atoms with Crippen molar-refractivity contribution < 1.29 is 9.13 Å². The van der Waals surface area contributed by atoms with E-state index in [0.29, 0.717) is 11.3 Å². The lowest BCUT2D eigenvalue weighted by molar-refractivity contribution is 0.385. The Balaban J connectivity index is 0.000000191. The highest BCUT2D eigenvalue weighted by molar-refractivity contribution is 5.32. The van der Waals surface area contributed by atoms with Crippen molar-refractivity contribution in [3.63, 3.8) is 0 Å². The molecule has 2 nitrogen and oxygen atoms in total. The zero-order chi connectivity index (χ0) is 14.3. The highest BCUT2D eigenvalue weighted by Gasteiger charge is 2.02. The van der Waals surface area contributed by atoms with Gasteiger partial charge in [-0.25, -0.2) is 4.39 Å². The van der Waals surface area contributed by atoms with Gasteiger partial charge in [0.15, 0.2) is 11.6 Å². The van der Waals surface area contributed by atoms with E-state index in [-0.39, 0.29) is 5.82 Å². The van der Waals surface area contributed by atoms with Crippen LogP contribution in [0.25, 0.3) is 0 Å². The van der Waals surface area contributed by atoms with Gasteiger partial charge in [0.25, 0.3) is 0 Å². The molecule has 0 aliphatic heterocycles. The van der Waals surface area contributed by atoms with E-state index in [9.17, 15) is 4.39 Å². The number of hydrogen-bond donors (Lipinski definition) is 0. The van der Waals surface area contributed by atoms with Crippen LogP contribution in [0.4, 0.5) is 4.39 Å². The third-order valence-electron chi connectivity index (χ3n) is 2.52. The number of ether oxygens (including phenoxy) is 1. The lowest BCUT2D eigenvalue weighted by atomic mass is 10.2. The van der Waals surface area contributed by atoms with Crippen molar-refractivity contribution in [3.05, 3.63) is 65.0 Å². The molecule has 0 aliphatic carbocycles. The molecule has 2 rings (SSSR count). The first kappa shape index (κ1) is 14.7. The number of nitriles is 1. The summed E-state index contributed by atoms with van der Waals surface area (Å²) in [4.78, 5) is 0. The van der Waals surface area contributed by atoms with E-state index < -0.39 is 0 Å². The monoisotopic (exact) mass is 257 g/mol. The number of halogens is 1. The molecule has 0 bridgehead atoms. The summed E-state index contributed by atoms with van der Waals surface area (Å²) in [7, 11) is 1.46. The van der Waals surface area contributed by atoms with E-state index in [1.54, 1.807) is 31.2 Å². The zero-order valence-corrected chi connectivity index (χ0v) is 11.3. The maximum Gasteiger partial charge on any atom is 0.167 e. The number of methoxy groups -OCH3 is 1. The molecule has 3 heteroatoms. The van der Waals surface area contributed by atoms with Gasteiger partial charge >= 0.3 is 0 Å². The molecular weight excluding hydrogens is 241 g/mol. The largest absolute Gasteiger partial charge is 0.494 e. The summed E-state index contributed by atoms with van der Waals surface area (Å²) in [5, 5.41) is 8.41. The molecule has 0 heterocycles. The fraction of sp³-hybridized carbons (Fsp3) is 0.188. The molecule has 0 radical (unpaired) electrons. The van der Waals surface area contributed by atoms with Crippen molar-refractivity contribution >= 4 is 0 Å². The first-order chi connectivity index (χ1) is 9.08. The van der Waals surface area contributed by atoms with Crippen LogP contribution >= 0.6 is 0 Å². The van der Waals surface area contributed by atoms with Crippen LogP contribution < -0.4 is 4.74 Å². The zero-order valence-electron chi connectivity index (χ0n) is 11.3. The van der Waals surface area contributed by atoms with Gasteiger partial charge < -0.3 is 4.74 Å². The highest BCUT2D eigenvalue weighted by Crippen LogP contribution is 2.18. The topological polar surface area (TPSA) is 33.0 Å². The van der Waals surface area contributed by atoms with E-state index in [2.05, 4.69) is 6.07 Å². The fourth-order valence-electron chi connectivity index (χ4n) is 1.49. The molecule has 0 saturated carbocycles. The minimum atomic E-state index is -0.273. The normalized spacial score (nSPS) is 9.00. The second-order valence-corrected chi connectivity index (χ2v) is 4.07. The summed E-state index contributed by atoms with van der Waals surface area (Å²) in [6, 6.07) is 14.7. The van der Waals surface area contributed by atoms with Crippen LogP contribution in [0.5, 0.6) is 5.75 Å². The van der Waals surface area contributed by atoms with Crippen LogP contribution in [0.15, 0.2) is 42.5 Å². The Morgan fingerprint density at radius 2 is 1.79 bits per heavy atom. The van der Waals surface area contributed by atoms with Gasteiger partial charge in [-0.2, -0.15) is 5.26 Å². The second-order valence-electron chi connectivity index (χ2n) is 4.07. The van der Waals surface area contributed by atoms with Crippen molar-refractivity contribution in [2.75, 3.05) is 7.11 Å². The lowest BCUT2D eigenvalue weighted by Gasteiger charge is -2.01. The summed E-state index contributed by atoms with van der Waals surface area (Å²) in [5.41, 5.74) is 2.48. The van der Waals surface area contributed by atoms with Gasteiger partial charge in [-0.05, 0) is 43.2 Å². The predicted octanol–water partition coefficient (Wildman–Crippen LogP) is 4.01. The maximum absolute atomic E-state index is 12.9. The molecule has 0 fully saturated rings. The van der Waals surface area contributed by atoms with Crippen LogP contribution in [0.1, 0.15) is 16.7 Å². The number of rotatable bonds is 1. The molecule has 0 atom stereocenters. The molecule has 0 aliphatic rings. The van der Waals surface area contributed by atoms with Crippen molar-refractivity contribution in [1.29, 1.82) is 5.26 Å². The van der Waals surface area contributed by atoms with E-state index in [0.717, 1.165) is 11.1 Å². The Kier molecular flexibility index (Phi) is 5.56. The Bertz CT molecular complexity index is 588. The molecule has 98 valence electrons. The average molecular weight is 257 g/mol. The van der Waals surface area contributed by atoms with E-state index in [4.69, 9.17) is 10.00 Å². The molecule has 2 aromatic rings. The molecule has 0 aromatic heterocycles. The molecule has 0 saturated heterocycles. The summed E-state index contributed by atoms with van der Waals surface area (Å²) in [6.45, 7) is 3.68. The molecule has 19 heavy (non-hydrogen) atoms. The molecular formula is C16H16FNO. The minimum Gasteiger partial charge on any atom is -0.494 e. The standard InChI is InChI=1S/C8H9FO.C8H7N/c1-6-4-3-5-7(10-2)8(6)9;1-7-3-2-4-8(5-7)6-9/h3-5H,1-2H3;2-5H,1H3. The summed E-state index contributed by atoms with van der Waals surface area (Å²) in [5.74, 6) is 0.0324. The quantitative estimate of drug-likeness (QED) is 0.773. The molecule has 0 unspecified atom stereocenters. The van der Waals surface area contributed by atoms with Gasteiger partial charge in [-0.15, -0.1) is 0 Å². The van der Waals surface area contributed by atoms with E-state index >= 15 is 0 Å². The van der Waals surface area contributed by atoms with Crippen LogP contribution in [0.3, 0.4) is 0 Å². The van der Waals surface area contributed by atoms with Crippen LogP contribution in [0.2, 0.25) is 0 Å². The molecule has 0 N–H and O–H groups in total.